The number of carbonyl (C=O) groups is 2. The Labute approximate surface area is 94.5 Å². The quantitative estimate of drug-likeness (QED) is 0.498. The molecule has 0 amide bonds. The Balaban J connectivity index is 2.53. The molecular formula is C13H14O3. The second-order valence-corrected chi connectivity index (χ2v) is 4.20. The topological polar surface area (TPSA) is 43.4 Å². The van der Waals surface area contributed by atoms with Gasteiger partial charge in [0.15, 0.2) is 11.5 Å². The number of methoxy groups -OCH3 is 1. The lowest BCUT2D eigenvalue weighted by Gasteiger charge is -2.27. The molecule has 0 aromatic carbocycles. The minimum absolute atomic E-state index is 0.0114. The Bertz CT molecular complexity index is 452. The van der Waals surface area contributed by atoms with Gasteiger partial charge in [0.25, 0.3) is 0 Å². The van der Waals surface area contributed by atoms with E-state index in [1.165, 1.54) is 13.2 Å². The van der Waals surface area contributed by atoms with Crippen molar-refractivity contribution in [3.8, 4) is 0 Å². The fraction of sp³-hybridized carbons (Fsp3) is 0.385. The van der Waals surface area contributed by atoms with Gasteiger partial charge in [-0.15, -0.1) is 0 Å². The lowest BCUT2D eigenvalue weighted by molar-refractivity contribution is -0.118. The second kappa shape index (κ2) is 3.74. The maximum Gasteiger partial charge on any atom is 0.224 e. The zero-order valence-corrected chi connectivity index (χ0v) is 9.61. The number of ether oxygens (including phenoxy) is 1. The summed E-state index contributed by atoms with van der Waals surface area (Å²) in [4.78, 5) is 24.0. The molecule has 3 heteroatoms. The lowest BCUT2D eigenvalue weighted by Crippen LogP contribution is -2.28. The van der Waals surface area contributed by atoms with Gasteiger partial charge in [-0.25, -0.2) is 0 Å². The summed E-state index contributed by atoms with van der Waals surface area (Å²) in [6.45, 7) is 3.84. The van der Waals surface area contributed by atoms with Gasteiger partial charge >= 0.3 is 0 Å². The van der Waals surface area contributed by atoms with Crippen molar-refractivity contribution in [1.29, 1.82) is 0 Å². The third kappa shape index (κ3) is 1.43. The van der Waals surface area contributed by atoms with Crippen molar-refractivity contribution in [3.63, 3.8) is 0 Å². The summed E-state index contributed by atoms with van der Waals surface area (Å²) in [7, 11) is 1.41. The third-order valence-corrected chi connectivity index (χ3v) is 3.11. The summed E-state index contributed by atoms with van der Waals surface area (Å²) >= 11 is 0. The van der Waals surface area contributed by atoms with Crippen LogP contribution in [0.2, 0.25) is 0 Å². The fourth-order valence-electron chi connectivity index (χ4n) is 2.25. The van der Waals surface area contributed by atoms with Crippen molar-refractivity contribution < 1.29 is 14.3 Å². The van der Waals surface area contributed by atoms with Crippen LogP contribution in [0, 0.1) is 11.8 Å². The molecule has 0 bridgehead atoms. The molecule has 0 fully saturated rings. The van der Waals surface area contributed by atoms with E-state index in [2.05, 4.69) is 0 Å². The predicted octanol–water partition coefficient (Wildman–Crippen LogP) is 1.81. The van der Waals surface area contributed by atoms with Crippen molar-refractivity contribution >= 4 is 11.6 Å². The highest BCUT2D eigenvalue weighted by atomic mass is 16.5. The minimum atomic E-state index is -0.152. The van der Waals surface area contributed by atoms with E-state index in [0.29, 0.717) is 11.1 Å². The molecule has 16 heavy (non-hydrogen) atoms. The Morgan fingerprint density at radius 1 is 1.06 bits per heavy atom. The van der Waals surface area contributed by atoms with E-state index in [-0.39, 0.29) is 29.2 Å². The van der Waals surface area contributed by atoms with Crippen LogP contribution < -0.4 is 0 Å². The van der Waals surface area contributed by atoms with Crippen LogP contribution in [0.4, 0.5) is 0 Å². The summed E-state index contributed by atoms with van der Waals surface area (Å²) in [5.74, 6) is -0.104. The molecule has 2 aliphatic rings. The lowest BCUT2D eigenvalue weighted by atomic mass is 9.76. The first-order chi connectivity index (χ1) is 7.56. The number of ketones is 2. The summed E-state index contributed by atoms with van der Waals surface area (Å²) in [5, 5.41) is 0. The molecule has 3 nitrogen and oxygen atoms in total. The summed E-state index contributed by atoms with van der Waals surface area (Å²) in [6.07, 6.45) is 5.23. The van der Waals surface area contributed by atoms with Gasteiger partial charge in [-0.1, -0.05) is 26.0 Å². The molecule has 0 saturated heterocycles. The Morgan fingerprint density at radius 3 is 2.19 bits per heavy atom. The molecule has 0 aromatic rings. The van der Waals surface area contributed by atoms with E-state index in [4.69, 9.17) is 4.74 Å². The molecule has 84 valence electrons. The molecule has 0 N–H and O–H groups in total. The zero-order valence-electron chi connectivity index (χ0n) is 9.61. The normalized spacial score (nSPS) is 29.1. The second-order valence-electron chi connectivity index (χ2n) is 4.20. The Morgan fingerprint density at radius 2 is 1.62 bits per heavy atom. The first-order valence-electron chi connectivity index (χ1n) is 5.33. The van der Waals surface area contributed by atoms with Crippen LogP contribution >= 0.6 is 0 Å². The molecule has 2 aliphatic carbocycles. The number of hydrogen-bond donors (Lipinski definition) is 0. The Hall–Kier alpha value is -1.64. The van der Waals surface area contributed by atoms with Crippen LogP contribution in [0.1, 0.15) is 13.8 Å². The molecule has 2 atom stereocenters. The van der Waals surface area contributed by atoms with Gasteiger partial charge in [0.05, 0.1) is 7.11 Å². The maximum absolute atomic E-state index is 12.1. The molecule has 0 spiro atoms. The van der Waals surface area contributed by atoms with Crippen molar-refractivity contribution in [2.24, 2.45) is 11.8 Å². The van der Waals surface area contributed by atoms with Gasteiger partial charge in [0.1, 0.15) is 0 Å². The van der Waals surface area contributed by atoms with Gasteiger partial charge in [-0.2, -0.15) is 0 Å². The van der Waals surface area contributed by atoms with E-state index in [0.717, 1.165) is 0 Å². The number of Topliss-reactive ketones (excluding diaryl/α,β-unsaturated/α-hetero) is 1. The minimum Gasteiger partial charge on any atom is -0.493 e. The molecule has 2 unspecified atom stereocenters. The molecule has 0 aliphatic heterocycles. The van der Waals surface area contributed by atoms with Gasteiger partial charge in [0.2, 0.25) is 5.78 Å². The van der Waals surface area contributed by atoms with Crippen LogP contribution in [0.15, 0.2) is 35.1 Å². The van der Waals surface area contributed by atoms with E-state index < -0.39 is 0 Å². The van der Waals surface area contributed by atoms with Crippen LogP contribution in [0.25, 0.3) is 0 Å². The number of rotatable bonds is 1. The van der Waals surface area contributed by atoms with Gasteiger partial charge in [-0.05, 0) is 0 Å². The average Bonchev–Trinajstić information content (AvgIpc) is 2.26. The maximum atomic E-state index is 12.1. The van der Waals surface area contributed by atoms with E-state index in [9.17, 15) is 9.59 Å². The third-order valence-electron chi connectivity index (χ3n) is 3.11. The van der Waals surface area contributed by atoms with E-state index in [1.54, 1.807) is 0 Å². The SMILES string of the molecule is COC1=CC(=O)C2=C(C1=O)C(C)C=CC2C. The average molecular weight is 218 g/mol. The van der Waals surface area contributed by atoms with Crippen molar-refractivity contribution in [2.75, 3.05) is 7.11 Å². The highest BCUT2D eigenvalue weighted by Crippen LogP contribution is 2.34. The van der Waals surface area contributed by atoms with Gasteiger partial charge in [-0.3, -0.25) is 9.59 Å². The number of hydrogen-bond acceptors (Lipinski definition) is 3. The molecular weight excluding hydrogens is 204 g/mol. The summed E-state index contributed by atoms with van der Waals surface area (Å²) < 4.78 is 4.94. The molecule has 0 saturated carbocycles. The van der Waals surface area contributed by atoms with Crippen LogP contribution in [0.3, 0.4) is 0 Å². The molecule has 0 aromatic heterocycles. The smallest absolute Gasteiger partial charge is 0.224 e. The number of carbonyl (C=O) groups excluding carboxylic acids is 2. The molecule has 0 heterocycles. The molecule has 0 radical (unpaired) electrons. The monoisotopic (exact) mass is 218 g/mol. The first kappa shape index (κ1) is 10.9. The Kier molecular flexibility index (Phi) is 2.54. The largest absolute Gasteiger partial charge is 0.493 e. The van der Waals surface area contributed by atoms with E-state index in [1.807, 2.05) is 26.0 Å². The van der Waals surface area contributed by atoms with Gasteiger partial charge < -0.3 is 4.74 Å². The standard InChI is InChI=1S/C13H14O3/c1-7-4-5-8(2)12-11(7)9(14)6-10(16-3)13(12)15/h4-8H,1-3H3. The summed E-state index contributed by atoms with van der Waals surface area (Å²) in [5.41, 5.74) is 1.22. The van der Waals surface area contributed by atoms with Crippen LogP contribution in [-0.4, -0.2) is 18.7 Å². The van der Waals surface area contributed by atoms with E-state index >= 15 is 0 Å². The fourth-order valence-corrected chi connectivity index (χ4v) is 2.25. The van der Waals surface area contributed by atoms with Crippen LogP contribution in [0.5, 0.6) is 0 Å². The van der Waals surface area contributed by atoms with Gasteiger partial charge in [0, 0.05) is 29.1 Å². The van der Waals surface area contributed by atoms with Crippen LogP contribution in [-0.2, 0) is 14.3 Å². The van der Waals surface area contributed by atoms with Crippen molar-refractivity contribution in [1.82, 2.24) is 0 Å². The number of allylic oxidation sites excluding steroid dienone is 5. The summed E-state index contributed by atoms with van der Waals surface area (Å²) in [6, 6.07) is 0. The molecule has 2 rings (SSSR count). The van der Waals surface area contributed by atoms with Crippen molar-refractivity contribution in [2.45, 2.75) is 13.8 Å². The predicted molar refractivity (Wildman–Crippen MR) is 59.6 cm³/mol. The highest BCUT2D eigenvalue weighted by Gasteiger charge is 2.35. The van der Waals surface area contributed by atoms with Crippen molar-refractivity contribution in [3.05, 3.63) is 35.1 Å². The highest BCUT2D eigenvalue weighted by molar-refractivity contribution is 6.22. The first-order valence-corrected chi connectivity index (χ1v) is 5.33. The zero-order chi connectivity index (χ0) is 11.9.